The van der Waals surface area contributed by atoms with Crippen LogP contribution in [0.4, 0.5) is 0 Å². The summed E-state index contributed by atoms with van der Waals surface area (Å²) >= 11 is 0. The highest BCUT2D eigenvalue weighted by atomic mass is 31.1. The Labute approximate surface area is 97.7 Å². The monoisotopic (exact) mass is 253 g/mol. The summed E-state index contributed by atoms with van der Waals surface area (Å²) in [5.41, 5.74) is 0. The lowest BCUT2D eigenvalue weighted by atomic mass is 10.1. The summed E-state index contributed by atoms with van der Waals surface area (Å²) < 4.78 is 20.8. The van der Waals surface area contributed by atoms with Crippen molar-refractivity contribution >= 4 is 8.25 Å². The van der Waals surface area contributed by atoms with Gasteiger partial charge in [-0.15, -0.1) is 9.05 Å². The van der Waals surface area contributed by atoms with E-state index in [1.165, 1.54) is 0 Å². The first kappa shape index (κ1) is 15.9. The minimum absolute atomic E-state index is 0.0232. The zero-order chi connectivity index (χ0) is 12.7. The Bertz CT molecular complexity index is 187. The second-order valence-electron chi connectivity index (χ2n) is 4.44. The summed E-state index contributed by atoms with van der Waals surface area (Å²) in [6, 6.07) is 0. The fourth-order valence-corrected chi connectivity index (χ4v) is 1.32. The lowest BCUT2D eigenvalue weighted by Crippen LogP contribution is -2.21. The number of rotatable bonds is 8. The molecule has 16 heavy (non-hydrogen) atoms. The normalized spacial score (nSPS) is 16.6. The molecule has 6 heteroatoms. The molecule has 0 bridgehead atoms. The quantitative estimate of drug-likeness (QED) is 0.644. The molecule has 96 valence electrons. The molecule has 0 amide bonds. The molecule has 0 aliphatic rings. The SMILES string of the molecule is CC(C)C(O)CO[P+](=O)OCC(O)C(C)C. The van der Waals surface area contributed by atoms with E-state index in [-0.39, 0.29) is 25.0 Å². The van der Waals surface area contributed by atoms with Crippen LogP contribution in [0.25, 0.3) is 0 Å². The van der Waals surface area contributed by atoms with Gasteiger partial charge in [0.2, 0.25) is 0 Å². The van der Waals surface area contributed by atoms with E-state index in [4.69, 9.17) is 9.05 Å². The van der Waals surface area contributed by atoms with Crippen LogP contribution in [0.15, 0.2) is 0 Å². The van der Waals surface area contributed by atoms with E-state index in [0.717, 1.165) is 0 Å². The van der Waals surface area contributed by atoms with Gasteiger partial charge in [-0.1, -0.05) is 27.7 Å². The van der Waals surface area contributed by atoms with Gasteiger partial charge in [-0.05, 0) is 11.8 Å². The lowest BCUT2D eigenvalue weighted by molar-refractivity contribution is 0.0456. The second-order valence-corrected chi connectivity index (χ2v) is 5.40. The molecule has 0 fully saturated rings. The Kier molecular flexibility index (Phi) is 8.06. The molecule has 0 saturated heterocycles. The molecular formula is C10H22O5P+. The van der Waals surface area contributed by atoms with Crippen molar-refractivity contribution in [1.29, 1.82) is 0 Å². The van der Waals surface area contributed by atoms with Crippen LogP contribution < -0.4 is 0 Å². The van der Waals surface area contributed by atoms with Gasteiger partial charge in [0.25, 0.3) is 0 Å². The third-order valence-corrected chi connectivity index (χ3v) is 2.96. The summed E-state index contributed by atoms with van der Waals surface area (Å²) in [4.78, 5) is 0. The number of hydrogen-bond donors (Lipinski definition) is 2. The molecule has 0 aromatic carbocycles. The molecule has 0 aromatic heterocycles. The standard InChI is InChI=1S/C10H22O5P/c1-7(2)9(11)5-14-16(13)15-6-10(12)8(3)4/h7-12H,5-6H2,1-4H3/q+1. The molecule has 0 radical (unpaired) electrons. The van der Waals surface area contributed by atoms with E-state index in [2.05, 4.69) is 0 Å². The first-order valence-corrected chi connectivity index (χ1v) is 6.53. The van der Waals surface area contributed by atoms with Crippen molar-refractivity contribution in [3.63, 3.8) is 0 Å². The zero-order valence-corrected chi connectivity index (χ0v) is 11.2. The fraction of sp³-hybridized carbons (Fsp3) is 1.00. The van der Waals surface area contributed by atoms with Crippen molar-refractivity contribution in [1.82, 2.24) is 0 Å². The van der Waals surface area contributed by atoms with Crippen LogP contribution in [0.3, 0.4) is 0 Å². The van der Waals surface area contributed by atoms with Crippen LogP contribution in [0, 0.1) is 11.8 Å². The Hall–Kier alpha value is -0.0600. The van der Waals surface area contributed by atoms with E-state index in [0.29, 0.717) is 0 Å². The average molecular weight is 253 g/mol. The van der Waals surface area contributed by atoms with Crippen LogP contribution in [-0.2, 0) is 13.6 Å². The maximum atomic E-state index is 11.2. The summed E-state index contributed by atoms with van der Waals surface area (Å²) in [5, 5.41) is 18.8. The Morgan fingerprint density at radius 2 is 1.25 bits per heavy atom. The van der Waals surface area contributed by atoms with E-state index in [1.807, 2.05) is 27.7 Å². The number of hydrogen-bond acceptors (Lipinski definition) is 5. The molecule has 0 spiro atoms. The summed E-state index contributed by atoms with van der Waals surface area (Å²) in [7, 11) is -2.27. The predicted molar refractivity (Wildman–Crippen MR) is 61.2 cm³/mol. The van der Waals surface area contributed by atoms with E-state index in [9.17, 15) is 14.8 Å². The van der Waals surface area contributed by atoms with Gasteiger partial charge in [-0.3, -0.25) is 0 Å². The van der Waals surface area contributed by atoms with Crippen molar-refractivity contribution in [2.24, 2.45) is 11.8 Å². The molecule has 0 rings (SSSR count). The average Bonchev–Trinajstić information content (AvgIpc) is 2.21. The van der Waals surface area contributed by atoms with E-state index >= 15 is 0 Å². The second kappa shape index (κ2) is 8.09. The van der Waals surface area contributed by atoms with E-state index < -0.39 is 20.5 Å². The molecule has 0 heterocycles. The van der Waals surface area contributed by atoms with Crippen LogP contribution in [-0.4, -0.2) is 35.6 Å². The van der Waals surface area contributed by atoms with Gasteiger partial charge < -0.3 is 10.2 Å². The van der Waals surface area contributed by atoms with Gasteiger partial charge in [0.15, 0.2) is 0 Å². The van der Waals surface area contributed by atoms with E-state index in [1.54, 1.807) is 0 Å². The highest BCUT2D eigenvalue weighted by molar-refractivity contribution is 7.33. The Morgan fingerprint density at radius 3 is 1.50 bits per heavy atom. The lowest BCUT2D eigenvalue weighted by Gasteiger charge is -2.11. The maximum Gasteiger partial charge on any atom is 0.697 e. The maximum absolute atomic E-state index is 11.2. The first-order valence-electron chi connectivity index (χ1n) is 5.43. The Balaban J connectivity index is 3.67. The van der Waals surface area contributed by atoms with Crippen LogP contribution >= 0.6 is 8.25 Å². The predicted octanol–water partition coefficient (Wildman–Crippen LogP) is 1.71. The third-order valence-electron chi connectivity index (χ3n) is 2.24. The molecule has 2 atom stereocenters. The minimum Gasteiger partial charge on any atom is -0.390 e. The highest BCUT2D eigenvalue weighted by Gasteiger charge is 2.25. The third kappa shape index (κ3) is 7.25. The van der Waals surface area contributed by atoms with Crippen molar-refractivity contribution < 1.29 is 23.8 Å². The largest absolute Gasteiger partial charge is 0.697 e. The van der Waals surface area contributed by atoms with Gasteiger partial charge in [0.05, 0.1) is 12.2 Å². The molecule has 0 aliphatic carbocycles. The smallest absolute Gasteiger partial charge is 0.390 e. The van der Waals surface area contributed by atoms with Crippen molar-refractivity contribution in [3.8, 4) is 0 Å². The van der Waals surface area contributed by atoms with Crippen molar-refractivity contribution in [2.45, 2.75) is 39.9 Å². The molecule has 2 N–H and O–H groups in total. The molecular weight excluding hydrogens is 231 g/mol. The molecule has 0 aliphatic heterocycles. The van der Waals surface area contributed by atoms with Crippen LogP contribution in [0.1, 0.15) is 27.7 Å². The minimum atomic E-state index is -2.27. The Morgan fingerprint density at radius 1 is 0.938 bits per heavy atom. The summed E-state index contributed by atoms with van der Waals surface area (Å²) in [6.45, 7) is 7.30. The molecule has 0 saturated carbocycles. The number of aliphatic hydroxyl groups is 2. The molecule has 0 aromatic rings. The number of aliphatic hydroxyl groups excluding tert-OH is 2. The van der Waals surface area contributed by atoms with Gasteiger partial charge in [-0.2, -0.15) is 0 Å². The molecule has 2 unspecified atom stereocenters. The van der Waals surface area contributed by atoms with Gasteiger partial charge in [0, 0.05) is 4.57 Å². The van der Waals surface area contributed by atoms with Gasteiger partial charge in [-0.25, -0.2) is 0 Å². The highest BCUT2D eigenvalue weighted by Crippen LogP contribution is 2.25. The topological polar surface area (TPSA) is 76.0 Å². The van der Waals surface area contributed by atoms with Crippen LogP contribution in [0.5, 0.6) is 0 Å². The van der Waals surface area contributed by atoms with Crippen molar-refractivity contribution in [3.05, 3.63) is 0 Å². The van der Waals surface area contributed by atoms with Crippen molar-refractivity contribution in [2.75, 3.05) is 13.2 Å². The summed E-state index contributed by atoms with van der Waals surface area (Å²) in [6.07, 6.45) is -1.31. The first-order chi connectivity index (χ1) is 7.34. The summed E-state index contributed by atoms with van der Waals surface area (Å²) in [5.74, 6) is 0.0920. The zero-order valence-electron chi connectivity index (χ0n) is 10.3. The van der Waals surface area contributed by atoms with Gasteiger partial charge >= 0.3 is 8.25 Å². The molecule has 5 nitrogen and oxygen atoms in total. The van der Waals surface area contributed by atoms with Gasteiger partial charge in [0.1, 0.15) is 13.2 Å². The van der Waals surface area contributed by atoms with Crippen LogP contribution in [0.2, 0.25) is 0 Å². The fourth-order valence-electron chi connectivity index (χ4n) is 0.697.